The minimum atomic E-state index is -2.24. The molecule has 5 aromatic carbocycles. The topological polar surface area (TPSA) is 111 Å². The molecule has 3 aliphatic rings. The summed E-state index contributed by atoms with van der Waals surface area (Å²) in [6.07, 6.45) is 4.65. The van der Waals surface area contributed by atoms with Crippen LogP contribution in [0.2, 0.25) is 38.3 Å². The first-order valence-electron chi connectivity index (χ1n) is 24.5. The Morgan fingerprint density at radius 3 is 1.91 bits per heavy atom. The fourth-order valence-corrected chi connectivity index (χ4v) is 17.1. The van der Waals surface area contributed by atoms with E-state index in [-0.39, 0.29) is 18.8 Å². The molecular weight excluding hydrogens is 930 g/mol. The Balaban J connectivity index is 0.998. The van der Waals surface area contributed by atoms with Crippen molar-refractivity contribution in [2.24, 2.45) is 0 Å². The van der Waals surface area contributed by atoms with Crippen LogP contribution in [0.1, 0.15) is 42.2 Å². The second-order valence-corrected chi connectivity index (χ2v) is 31.3. The van der Waals surface area contributed by atoms with E-state index in [0.29, 0.717) is 30.1 Å². The number of imidazole rings is 1. The van der Waals surface area contributed by atoms with Crippen molar-refractivity contribution in [1.29, 1.82) is 0 Å². The highest BCUT2D eigenvalue weighted by atomic mass is 31.2. The van der Waals surface area contributed by atoms with E-state index in [4.69, 9.17) is 42.7 Å². The number of ether oxygens (including phenoxy) is 5. The van der Waals surface area contributed by atoms with Crippen molar-refractivity contribution >= 4 is 46.2 Å². The molecule has 364 valence electrons. The number of hydrogen-bond acceptors (Lipinski definition) is 11. The lowest BCUT2D eigenvalue weighted by molar-refractivity contribution is -0.0906. The van der Waals surface area contributed by atoms with Crippen molar-refractivity contribution < 1.29 is 32.7 Å². The monoisotopic (exact) mass is 993 g/mol. The highest BCUT2D eigenvalue weighted by Gasteiger charge is 2.52. The number of fused-ring (bicyclic) bond motifs is 2. The van der Waals surface area contributed by atoms with Gasteiger partial charge in [0.25, 0.3) is 8.53 Å². The van der Waals surface area contributed by atoms with E-state index in [2.05, 4.69) is 145 Å². The van der Waals surface area contributed by atoms with Crippen LogP contribution in [0, 0.1) is 0 Å². The third kappa shape index (κ3) is 9.85. The molecule has 3 aliphatic heterocycles. The second-order valence-electron chi connectivity index (χ2n) is 20.0. The molecule has 6 atom stereocenters. The largest absolute Gasteiger partial charge is 0.497 e. The van der Waals surface area contributed by atoms with Crippen LogP contribution < -0.4 is 24.6 Å². The molecule has 5 heterocycles. The molecule has 0 aliphatic carbocycles. The van der Waals surface area contributed by atoms with Gasteiger partial charge in [0.15, 0.2) is 11.2 Å². The van der Waals surface area contributed by atoms with E-state index in [9.17, 15) is 0 Å². The quantitative estimate of drug-likeness (QED) is 0.0439. The van der Waals surface area contributed by atoms with Gasteiger partial charge in [-0.1, -0.05) is 152 Å². The average molecular weight is 994 g/mol. The van der Waals surface area contributed by atoms with Gasteiger partial charge in [-0.15, -0.1) is 0 Å². The molecule has 0 N–H and O–H groups in total. The number of hydrogen-bond donors (Lipinski definition) is 0. The van der Waals surface area contributed by atoms with E-state index in [1.807, 2.05) is 34.9 Å². The zero-order valence-corrected chi connectivity index (χ0v) is 43.9. The molecule has 0 saturated carbocycles. The first kappa shape index (κ1) is 48.3. The Bertz CT molecular complexity index is 2720. The predicted octanol–water partition coefficient (Wildman–Crippen LogP) is 10.2. The minimum Gasteiger partial charge on any atom is -0.497 e. The van der Waals surface area contributed by atoms with Gasteiger partial charge in [-0.05, 0) is 65.9 Å². The van der Waals surface area contributed by atoms with Crippen molar-refractivity contribution in [3.8, 4) is 17.4 Å². The first-order valence-corrected chi connectivity index (χ1v) is 32.1. The maximum atomic E-state index is 7.53. The Morgan fingerprint density at radius 1 is 0.714 bits per heavy atom. The second kappa shape index (κ2) is 20.8. The van der Waals surface area contributed by atoms with Crippen LogP contribution in [0.5, 0.6) is 17.4 Å². The maximum absolute atomic E-state index is 7.53. The van der Waals surface area contributed by atoms with Gasteiger partial charge < -0.3 is 32.7 Å². The number of aromatic nitrogens is 4. The van der Waals surface area contributed by atoms with Crippen molar-refractivity contribution in [2.75, 3.05) is 34.0 Å². The molecule has 0 bridgehead atoms. The Kier molecular flexibility index (Phi) is 14.4. The van der Waals surface area contributed by atoms with Gasteiger partial charge in [0, 0.05) is 27.1 Å². The molecule has 0 spiro atoms. The normalized spacial score (nSPS) is 21.8. The number of rotatable bonds is 19. The SMILES string of the molecule is COc1ccc(C(OC[C@H]2O[C@@H](n3cnc4c(OCC[Si](C)(C)C)ncnc43)C[C@@H]2O[P@@]2O[C@H](C[Si](C)(c3ccccc3)c3ccccc3)[C@@H]3CCCN32)(c2ccccc2)c2ccc(OC)cc2)cc1. The lowest BCUT2D eigenvalue weighted by atomic mass is 9.80. The molecule has 3 fully saturated rings. The van der Waals surface area contributed by atoms with Crippen molar-refractivity contribution in [3.05, 3.63) is 169 Å². The summed E-state index contributed by atoms with van der Waals surface area (Å²) in [5, 5.41) is 2.82. The molecule has 0 radical (unpaired) electrons. The summed E-state index contributed by atoms with van der Waals surface area (Å²) < 4.78 is 51.5. The highest BCUT2D eigenvalue weighted by molar-refractivity contribution is 7.45. The zero-order valence-electron chi connectivity index (χ0n) is 41.0. The summed E-state index contributed by atoms with van der Waals surface area (Å²) in [5.41, 5.74) is 3.03. The molecule has 12 nitrogen and oxygen atoms in total. The van der Waals surface area contributed by atoms with E-state index >= 15 is 0 Å². The summed E-state index contributed by atoms with van der Waals surface area (Å²) >= 11 is 0. The molecule has 0 unspecified atom stereocenters. The van der Waals surface area contributed by atoms with Crippen LogP contribution in [0.3, 0.4) is 0 Å². The first-order chi connectivity index (χ1) is 34.1. The minimum absolute atomic E-state index is 0.0167. The van der Waals surface area contributed by atoms with E-state index in [1.54, 1.807) is 26.9 Å². The third-order valence-electron chi connectivity index (χ3n) is 14.3. The maximum Gasteiger partial charge on any atom is 0.259 e. The van der Waals surface area contributed by atoms with Gasteiger partial charge in [0.2, 0.25) is 5.88 Å². The van der Waals surface area contributed by atoms with Crippen LogP contribution >= 0.6 is 8.53 Å². The summed E-state index contributed by atoms with van der Waals surface area (Å²) in [6.45, 7) is 11.2. The van der Waals surface area contributed by atoms with Crippen LogP contribution in [0.25, 0.3) is 11.2 Å². The van der Waals surface area contributed by atoms with Gasteiger partial charge in [0.1, 0.15) is 43.8 Å². The average Bonchev–Trinajstić information content (AvgIpc) is 4.21. The van der Waals surface area contributed by atoms with Crippen molar-refractivity contribution in [1.82, 2.24) is 24.2 Å². The third-order valence-corrected chi connectivity index (χ3v) is 22.3. The van der Waals surface area contributed by atoms with Gasteiger partial charge in [-0.2, -0.15) is 4.98 Å². The highest BCUT2D eigenvalue weighted by Crippen LogP contribution is 2.59. The Hall–Kier alpha value is -5.29. The summed E-state index contributed by atoms with van der Waals surface area (Å²) in [7, 11) is -1.66. The smallest absolute Gasteiger partial charge is 0.259 e. The predicted molar refractivity (Wildman–Crippen MR) is 281 cm³/mol. The van der Waals surface area contributed by atoms with Crippen LogP contribution in [0.4, 0.5) is 0 Å². The van der Waals surface area contributed by atoms with Gasteiger partial charge >= 0.3 is 0 Å². The molecule has 10 rings (SSSR count). The van der Waals surface area contributed by atoms with Gasteiger partial charge in [-0.25, -0.2) is 14.6 Å². The molecule has 7 aromatic rings. The molecule has 15 heteroatoms. The fourth-order valence-electron chi connectivity index (χ4n) is 10.4. The molecule has 70 heavy (non-hydrogen) atoms. The Morgan fingerprint density at radius 2 is 1.31 bits per heavy atom. The number of nitrogens with zero attached hydrogens (tertiary/aromatic N) is 5. The van der Waals surface area contributed by atoms with Gasteiger partial charge in [0.05, 0.1) is 46.0 Å². The lowest BCUT2D eigenvalue weighted by Gasteiger charge is -2.37. The van der Waals surface area contributed by atoms with E-state index < -0.39 is 48.7 Å². The molecular formula is C55H64N5O7PSi2. The van der Waals surface area contributed by atoms with Crippen LogP contribution in [-0.2, 0) is 24.1 Å². The summed E-state index contributed by atoms with van der Waals surface area (Å²) in [5.74, 6) is 1.99. The van der Waals surface area contributed by atoms with E-state index in [1.165, 1.54) is 10.4 Å². The zero-order chi connectivity index (χ0) is 48.3. The number of benzene rings is 5. The van der Waals surface area contributed by atoms with Crippen molar-refractivity contribution in [3.63, 3.8) is 0 Å². The standard InChI is InChI=1S/C55H64N5O7PSi2/c1-61-43-28-24-41(25-29-43)55(40-17-10-7-11-18-40,42-26-30-44(62-2)31-27-42)64-36-49-48(35-51(65-49)59-39-58-52-53(59)56-38-57-54(52)63-33-34-69(3,4)5)66-68-60-32-16-23-47(60)50(67-68)37-70(6,45-19-12-8-13-20-45)46-21-14-9-15-22-46/h7-15,17-22,24-31,38-39,47-51H,16,23,32-37H2,1-6H3/t47-,48-,49+,50+,51+,68-/m0/s1. The summed E-state index contributed by atoms with van der Waals surface area (Å²) in [6, 6.07) is 51.0. The van der Waals surface area contributed by atoms with Crippen LogP contribution in [-0.4, -0.2) is 98.7 Å². The van der Waals surface area contributed by atoms with E-state index in [0.717, 1.165) is 59.7 Å². The Labute approximate surface area is 415 Å². The molecule has 2 aromatic heterocycles. The lowest BCUT2D eigenvalue weighted by Crippen LogP contribution is -2.58. The summed E-state index contributed by atoms with van der Waals surface area (Å²) in [4.78, 5) is 14.1. The van der Waals surface area contributed by atoms with Gasteiger partial charge in [-0.3, -0.25) is 4.57 Å². The van der Waals surface area contributed by atoms with Crippen LogP contribution in [0.15, 0.2) is 152 Å². The fraction of sp³-hybridized carbons (Fsp3) is 0.364. The molecule has 3 saturated heterocycles. The van der Waals surface area contributed by atoms with Crippen molar-refractivity contribution in [2.45, 2.75) is 93.7 Å². The molecule has 0 amide bonds. The number of methoxy groups -OCH3 is 2.